The highest BCUT2D eigenvalue weighted by Crippen LogP contribution is 2.13. The van der Waals surface area contributed by atoms with E-state index in [2.05, 4.69) is 15.6 Å². The second-order valence-corrected chi connectivity index (χ2v) is 6.10. The Kier molecular flexibility index (Phi) is 8.79. The first kappa shape index (κ1) is 20.1. The number of aliphatic imine (C=N–C) groups is 1. The predicted molar refractivity (Wildman–Crippen MR) is 107 cm³/mol. The number of hydrogen-bond acceptors (Lipinski definition) is 3. The van der Waals surface area contributed by atoms with Gasteiger partial charge in [0.05, 0.1) is 13.2 Å². The third-order valence-electron chi connectivity index (χ3n) is 3.59. The van der Waals surface area contributed by atoms with E-state index in [9.17, 15) is 0 Å². The van der Waals surface area contributed by atoms with E-state index < -0.39 is 0 Å². The van der Waals surface area contributed by atoms with Crippen LogP contribution in [0.15, 0.2) is 53.5 Å². The average molecular weight is 376 g/mol. The van der Waals surface area contributed by atoms with Crippen LogP contribution in [-0.4, -0.2) is 32.8 Å². The first-order chi connectivity index (χ1) is 12.7. The Labute approximate surface area is 160 Å². The zero-order valence-electron chi connectivity index (χ0n) is 15.3. The van der Waals surface area contributed by atoms with Crippen LogP contribution in [0.4, 0.5) is 0 Å². The van der Waals surface area contributed by atoms with Gasteiger partial charge in [-0.1, -0.05) is 35.9 Å². The van der Waals surface area contributed by atoms with E-state index >= 15 is 0 Å². The number of halogens is 1. The van der Waals surface area contributed by atoms with Crippen LogP contribution < -0.4 is 15.4 Å². The Balaban J connectivity index is 1.88. The van der Waals surface area contributed by atoms with Gasteiger partial charge in [0.1, 0.15) is 12.4 Å². The molecule has 0 bridgehead atoms. The molecule has 26 heavy (non-hydrogen) atoms. The van der Waals surface area contributed by atoms with Crippen LogP contribution in [0.3, 0.4) is 0 Å². The molecule has 2 N–H and O–H groups in total. The number of nitrogens with zero attached hydrogens (tertiary/aromatic N) is 1. The van der Waals surface area contributed by atoms with Crippen LogP contribution in [0.5, 0.6) is 5.75 Å². The fourth-order valence-electron chi connectivity index (χ4n) is 2.28. The second kappa shape index (κ2) is 11.4. The summed E-state index contributed by atoms with van der Waals surface area (Å²) in [6.45, 7) is 5.23. The summed E-state index contributed by atoms with van der Waals surface area (Å²) in [7, 11) is 1.66. The van der Waals surface area contributed by atoms with Gasteiger partial charge in [-0.2, -0.15) is 0 Å². The molecule has 0 heterocycles. The predicted octanol–water partition coefficient (Wildman–Crippen LogP) is 3.62. The topological polar surface area (TPSA) is 54.9 Å². The number of benzene rings is 2. The Bertz CT molecular complexity index is 690. The van der Waals surface area contributed by atoms with Gasteiger partial charge in [-0.25, -0.2) is 4.99 Å². The minimum absolute atomic E-state index is 0.550. The van der Waals surface area contributed by atoms with Gasteiger partial charge in [0.15, 0.2) is 5.96 Å². The molecule has 0 aliphatic rings. The molecule has 0 fully saturated rings. The maximum Gasteiger partial charge on any atom is 0.191 e. The maximum atomic E-state index is 6.02. The Morgan fingerprint density at radius 2 is 1.85 bits per heavy atom. The van der Waals surface area contributed by atoms with E-state index in [4.69, 9.17) is 21.1 Å². The molecule has 140 valence electrons. The fourth-order valence-corrected chi connectivity index (χ4v) is 2.49. The molecule has 0 spiro atoms. The molecule has 2 rings (SSSR count). The molecular formula is C20H26ClN3O2. The van der Waals surface area contributed by atoms with Gasteiger partial charge in [-0.15, -0.1) is 0 Å². The third kappa shape index (κ3) is 7.33. The molecule has 0 unspecified atom stereocenters. The van der Waals surface area contributed by atoms with Gasteiger partial charge in [-0.05, 0) is 42.3 Å². The molecule has 0 radical (unpaired) electrons. The molecule has 6 heteroatoms. The molecule has 0 aliphatic carbocycles. The lowest BCUT2D eigenvalue weighted by Gasteiger charge is -2.12. The molecule has 0 aromatic heterocycles. The smallest absolute Gasteiger partial charge is 0.191 e. The van der Waals surface area contributed by atoms with E-state index in [1.165, 1.54) is 0 Å². The lowest BCUT2D eigenvalue weighted by Crippen LogP contribution is -2.36. The average Bonchev–Trinajstić information content (AvgIpc) is 2.65. The molecular weight excluding hydrogens is 350 g/mol. The monoisotopic (exact) mass is 375 g/mol. The summed E-state index contributed by atoms with van der Waals surface area (Å²) in [4.78, 5) is 4.60. The summed E-state index contributed by atoms with van der Waals surface area (Å²) in [6, 6.07) is 15.7. The van der Waals surface area contributed by atoms with E-state index in [0.29, 0.717) is 26.3 Å². The fraction of sp³-hybridized carbons (Fsp3) is 0.350. The lowest BCUT2D eigenvalue weighted by atomic mass is 10.2. The number of methoxy groups -OCH3 is 1. The van der Waals surface area contributed by atoms with Crippen molar-refractivity contribution in [3.8, 4) is 5.75 Å². The molecule has 0 saturated heterocycles. The molecule has 2 aromatic rings. The second-order valence-electron chi connectivity index (χ2n) is 5.66. The van der Waals surface area contributed by atoms with Gasteiger partial charge < -0.3 is 20.1 Å². The summed E-state index contributed by atoms with van der Waals surface area (Å²) in [5.41, 5.74) is 2.23. The summed E-state index contributed by atoms with van der Waals surface area (Å²) in [5, 5.41) is 7.31. The Morgan fingerprint density at radius 3 is 2.54 bits per heavy atom. The van der Waals surface area contributed by atoms with Crippen LogP contribution in [-0.2, 0) is 17.8 Å². The Hall–Kier alpha value is -2.24. The van der Waals surface area contributed by atoms with Gasteiger partial charge in [-0.3, -0.25) is 0 Å². The van der Waals surface area contributed by atoms with E-state index in [1.54, 1.807) is 7.11 Å². The largest absolute Gasteiger partial charge is 0.491 e. The number of ether oxygens (including phenoxy) is 2. The minimum atomic E-state index is 0.550. The van der Waals surface area contributed by atoms with Gasteiger partial charge in [0.2, 0.25) is 0 Å². The summed E-state index contributed by atoms with van der Waals surface area (Å²) in [5.74, 6) is 1.61. The molecule has 2 aromatic carbocycles. The third-order valence-corrected chi connectivity index (χ3v) is 3.83. The number of guanidine groups is 1. The molecule has 0 amide bonds. The van der Waals surface area contributed by atoms with Crippen molar-refractivity contribution in [1.29, 1.82) is 0 Å². The quantitative estimate of drug-likeness (QED) is 0.399. The van der Waals surface area contributed by atoms with Crippen LogP contribution >= 0.6 is 11.6 Å². The SMILES string of the molecule is CCNC(=NCc1cccc(Cl)c1)NCc1ccc(OCCOC)cc1. The zero-order chi connectivity index (χ0) is 18.6. The summed E-state index contributed by atoms with van der Waals surface area (Å²) in [6.07, 6.45) is 0. The molecule has 0 saturated carbocycles. The number of nitrogens with one attached hydrogen (secondary N) is 2. The van der Waals surface area contributed by atoms with Gasteiger partial charge in [0, 0.05) is 25.2 Å². The molecule has 5 nitrogen and oxygen atoms in total. The highest BCUT2D eigenvalue weighted by Gasteiger charge is 2.00. The van der Waals surface area contributed by atoms with Crippen molar-refractivity contribution in [3.63, 3.8) is 0 Å². The highest BCUT2D eigenvalue weighted by atomic mass is 35.5. The van der Waals surface area contributed by atoms with Crippen molar-refractivity contribution in [2.24, 2.45) is 4.99 Å². The van der Waals surface area contributed by atoms with Crippen LogP contribution in [0.2, 0.25) is 5.02 Å². The minimum Gasteiger partial charge on any atom is -0.491 e. The lowest BCUT2D eigenvalue weighted by molar-refractivity contribution is 0.146. The van der Waals surface area contributed by atoms with E-state index in [-0.39, 0.29) is 0 Å². The highest BCUT2D eigenvalue weighted by molar-refractivity contribution is 6.30. The van der Waals surface area contributed by atoms with Gasteiger partial charge in [0.25, 0.3) is 0 Å². The molecule has 0 atom stereocenters. The molecule has 0 aliphatic heterocycles. The van der Waals surface area contributed by atoms with Crippen LogP contribution in [0.25, 0.3) is 0 Å². The van der Waals surface area contributed by atoms with E-state index in [1.807, 2.05) is 55.5 Å². The standard InChI is InChI=1S/C20H26ClN3O2/c1-3-22-20(24-15-17-5-4-6-18(21)13-17)23-14-16-7-9-19(10-8-16)26-12-11-25-2/h4-10,13H,3,11-12,14-15H2,1-2H3,(H2,22,23,24). The van der Waals surface area contributed by atoms with Crippen LogP contribution in [0.1, 0.15) is 18.1 Å². The number of hydrogen-bond donors (Lipinski definition) is 2. The summed E-state index contributed by atoms with van der Waals surface area (Å²) >= 11 is 6.02. The zero-order valence-corrected chi connectivity index (χ0v) is 16.1. The van der Waals surface area contributed by atoms with Gasteiger partial charge >= 0.3 is 0 Å². The first-order valence-electron chi connectivity index (χ1n) is 8.68. The Morgan fingerprint density at radius 1 is 1.04 bits per heavy atom. The number of rotatable bonds is 9. The summed E-state index contributed by atoms with van der Waals surface area (Å²) < 4.78 is 10.5. The van der Waals surface area contributed by atoms with Crippen molar-refractivity contribution in [2.75, 3.05) is 26.9 Å². The maximum absolute atomic E-state index is 6.02. The van der Waals surface area contributed by atoms with Crippen molar-refractivity contribution < 1.29 is 9.47 Å². The van der Waals surface area contributed by atoms with Crippen molar-refractivity contribution in [2.45, 2.75) is 20.0 Å². The van der Waals surface area contributed by atoms with E-state index in [0.717, 1.165) is 34.4 Å². The first-order valence-corrected chi connectivity index (χ1v) is 9.06. The van der Waals surface area contributed by atoms with Crippen molar-refractivity contribution in [1.82, 2.24) is 10.6 Å². The van der Waals surface area contributed by atoms with Crippen molar-refractivity contribution >= 4 is 17.6 Å². The van der Waals surface area contributed by atoms with Crippen LogP contribution in [0, 0.1) is 0 Å². The van der Waals surface area contributed by atoms with Crippen molar-refractivity contribution in [3.05, 3.63) is 64.7 Å². The normalized spacial score (nSPS) is 11.3.